The van der Waals surface area contributed by atoms with E-state index in [1.54, 1.807) is 31.3 Å². The van der Waals surface area contributed by atoms with Crippen LogP contribution in [0.4, 0.5) is 0 Å². The van der Waals surface area contributed by atoms with Crippen LogP contribution in [0.25, 0.3) is 0 Å². The number of nitrogens with zero attached hydrogens (tertiary/aromatic N) is 1. The van der Waals surface area contributed by atoms with E-state index in [9.17, 15) is 4.79 Å². The van der Waals surface area contributed by atoms with Gasteiger partial charge in [-0.05, 0) is 6.08 Å². The van der Waals surface area contributed by atoms with Crippen LogP contribution in [0.5, 0.6) is 0 Å². The van der Waals surface area contributed by atoms with E-state index in [4.69, 9.17) is 0 Å². The molecule has 0 aliphatic heterocycles. The first-order valence-electron chi connectivity index (χ1n) is 4.32. The lowest BCUT2D eigenvalue weighted by molar-refractivity contribution is -0.119. The van der Waals surface area contributed by atoms with E-state index in [2.05, 4.69) is 12.0 Å². The topological polar surface area (TPSA) is 32.3 Å². The van der Waals surface area contributed by atoms with E-state index < -0.39 is 0 Å². The summed E-state index contributed by atoms with van der Waals surface area (Å²) in [7, 11) is 3.57. The Bertz CT molecular complexity index is 219. The van der Waals surface area contributed by atoms with Gasteiger partial charge in [0.1, 0.15) is 0 Å². The molecule has 13 heavy (non-hydrogen) atoms. The number of hydrogen-bond acceptors (Lipinski definition) is 3. The summed E-state index contributed by atoms with van der Waals surface area (Å²) >= 11 is 0. The summed E-state index contributed by atoms with van der Waals surface area (Å²) in [5.41, 5.74) is 3.51. The molecule has 1 N–H and O–H groups in total. The van der Waals surface area contributed by atoms with Crippen LogP contribution in [-0.2, 0) is 4.79 Å². The molecule has 3 heteroatoms. The molecule has 0 radical (unpaired) electrons. The van der Waals surface area contributed by atoms with Crippen molar-refractivity contribution < 1.29 is 4.79 Å². The number of hydrazine groups is 1. The minimum Gasteiger partial charge on any atom is -0.308 e. The van der Waals surface area contributed by atoms with Crippen molar-refractivity contribution in [1.29, 1.82) is 0 Å². The summed E-state index contributed by atoms with van der Waals surface area (Å²) < 4.78 is 0. The first-order chi connectivity index (χ1) is 6.04. The fourth-order valence-corrected chi connectivity index (χ4v) is 0.887. The van der Waals surface area contributed by atoms with Crippen LogP contribution in [-0.4, -0.2) is 24.9 Å². The van der Waals surface area contributed by atoms with Gasteiger partial charge in [0, 0.05) is 20.0 Å². The van der Waals surface area contributed by atoms with Crippen molar-refractivity contribution in [2.24, 2.45) is 5.92 Å². The normalized spacial score (nSPS) is 11.6. The molecule has 3 nitrogen and oxygen atoms in total. The summed E-state index contributed by atoms with van der Waals surface area (Å²) in [6, 6.07) is 0. The SMILES string of the molecule is C=C/C=C(/C(=O)C(C)C)N(C)NC. The first-order valence-corrected chi connectivity index (χ1v) is 4.32. The quantitative estimate of drug-likeness (QED) is 0.396. The van der Waals surface area contributed by atoms with Gasteiger partial charge in [0.15, 0.2) is 5.78 Å². The summed E-state index contributed by atoms with van der Waals surface area (Å²) in [4.78, 5) is 11.6. The second-order valence-corrected chi connectivity index (χ2v) is 3.09. The Labute approximate surface area is 80.1 Å². The largest absolute Gasteiger partial charge is 0.308 e. The molecule has 0 atom stereocenters. The molecular formula is C10H18N2O. The van der Waals surface area contributed by atoms with E-state index in [0.717, 1.165) is 0 Å². The van der Waals surface area contributed by atoms with Gasteiger partial charge < -0.3 is 5.01 Å². The molecule has 0 amide bonds. The Balaban J connectivity index is 4.71. The highest BCUT2D eigenvalue weighted by atomic mass is 16.1. The molecule has 0 fully saturated rings. The third-order valence-electron chi connectivity index (χ3n) is 1.75. The van der Waals surface area contributed by atoms with E-state index in [1.807, 2.05) is 13.8 Å². The summed E-state index contributed by atoms with van der Waals surface area (Å²) in [5, 5.41) is 1.68. The van der Waals surface area contributed by atoms with Crippen LogP contribution >= 0.6 is 0 Å². The van der Waals surface area contributed by atoms with Crippen molar-refractivity contribution in [3.05, 3.63) is 24.4 Å². The molecule has 0 heterocycles. The predicted molar refractivity (Wildman–Crippen MR) is 54.9 cm³/mol. The molecule has 0 aromatic rings. The van der Waals surface area contributed by atoms with Crippen molar-refractivity contribution in [1.82, 2.24) is 10.4 Å². The van der Waals surface area contributed by atoms with Gasteiger partial charge in [-0.25, -0.2) is 5.43 Å². The number of ketones is 1. The number of carbonyl (C=O) groups is 1. The zero-order valence-corrected chi connectivity index (χ0v) is 8.79. The highest BCUT2D eigenvalue weighted by Crippen LogP contribution is 2.07. The van der Waals surface area contributed by atoms with Crippen molar-refractivity contribution >= 4 is 5.78 Å². The minimum atomic E-state index is 0.00185. The first kappa shape index (κ1) is 11.9. The Morgan fingerprint density at radius 2 is 2.08 bits per heavy atom. The highest BCUT2D eigenvalue weighted by molar-refractivity contribution is 5.96. The zero-order chi connectivity index (χ0) is 10.4. The van der Waals surface area contributed by atoms with Crippen molar-refractivity contribution in [3.8, 4) is 0 Å². The fraction of sp³-hybridized carbons (Fsp3) is 0.500. The highest BCUT2D eigenvalue weighted by Gasteiger charge is 2.15. The van der Waals surface area contributed by atoms with E-state index in [0.29, 0.717) is 5.70 Å². The smallest absolute Gasteiger partial charge is 0.182 e. The Morgan fingerprint density at radius 1 is 1.54 bits per heavy atom. The van der Waals surface area contributed by atoms with Crippen LogP contribution in [0.1, 0.15) is 13.8 Å². The van der Waals surface area contributed by atoms with Crippen LogP contribution < -0.4 is 5.43 Å². The second-order valence-electron chi connectivity index (χ2n) is 3.09. The molecule has 0 aromatic heterocycles. The third kappa shape index (κ3) is 3.42. The molecule has 0 aliphatic rings. The molecular weight excluding hydrogens is 164 g/mol. The van der Waals surface area contributed by atoms with Gasteiger partial charge in [0.05, 0.1) is 5.70 Å². The van der Waals surface area contributed by atoms with E-state index >= 15 is 0 Å². The number of likely N-dealkylation sites (N-methyl/N-ethyl adjacent to an activating group) is 1. The number of Topliss-reactive ketones (excluding diaryl/α,β-unsaturated/α-hetero) is 1. The average Bonchev–Trinajstić information content (AvgIpc) is 2.11. The lowest BCUT2D eigenvalue weighted by atomic mass is 10.1. The summed E-state index contributed by atoms with van der Waals surface area (Å²) in [6.45, 7) is 7.33. The maximum atomic E-state index is 11.6. The standard InChI is InChI=1S/C10H18N2O/c1-6-7-9(12(5)11-4)10(13)8(2)3/h6-8,11H,1H2,2-5H3/b9-7-. The Morgan fingerprint density at radius 3 is 2.38 bits per heavy atom. The number of nitrogens with one attached hydrogen (secondary N) is 1. The van der Waals surface area contributed by atoms with E-state index in [1.165, 1.54) is 0 Å². The number of rotatable bonds is 5. The van der Waals surface area contributed by atoms with Crippen LogP contribution in [0.3, 0.4) is 0 Å². The van der Waals surface area contributed by atoms with Crippen LogP contribution in [0.15, 0.2) is 24.4 Å². The number of carbonyl (C=O) groups excluding carboxylic acids is 1. The molecule has 0 bridgehead atoms. The fourth-order valence-electron chi connectivity index (χ4n) is 0.887. The van der Waals surface area contributed by atoms with Crippen LogP contribution in [0.2, 0.25) is 0 Å². The predicted octanol–water partition coefficient (Wildman–Crippen LogP) is 1.35. The molecule has 0 saturated carbocycles. The maximum Gasteiger partial charge on any atom is 0.182 e. The second kappa shape index (κ2) is 5.54. The Kier molecular flexibility index (Phi) is 5.07. The van der Waals surface area contributed by atoms with Gasteiger partial charge in [0.25, 0.3) is 0 Å². The lowest BCUT2D eigenvalue weighted by Gasteiger charge is -2.21. The van der Waals surface area contributed by atoms with Gasteiger partial charge in [-0.2, -0.15) is 0 Å². The van der Waals surface area contributed by atoms with Crippen molar-refractivity contribution in [3.63, 3.8) is 0 Å². The molecule has 0 aliphatic carbocycles. The third-order valence-corrected chi connectivity index (χ3v) is 1.75. The Hall–Kier alpha value is -1.09. The monoisotopic (exact) mass is 182 g/mol. The van der Waals surface area contributed by atoms with Gasteiger partial charge in [-0.3, -0.25) is 4.79 Å². The van der Waals surface area contributed by atoms with Gasteiger partial charge in [-0.1, -0.05) is 26.5 Å². The van der Waals surface area contributed by atoms with Crippen LogP contribution in [0, 0.1) is 5.92 Å². The van der Waals surface area contributed by atoms with Gasteiger partial charge >= 0.3 is 0 Å². The van der Waals surface area contributed by atoms with Crippen molar-refractivity contribution in [2.45, 2.75) is 13.8 Å². The van der Waals surface area contributed by atoms with Gasteiger partial charge in [0.2, 0.25) is 0 Å². The molecule has 74 valence electrons. The molecule has 0 aromatic carbocycles. The maximum absolute atomic E-state index is 11.6. The number of allylic oxidation sites excluding steroid dienone is 3. The van der Waals surface area contributed by atoms with E-state index in [-0.39, 0.29) is 11.7 Å². The summed E-state index contributed by atoms with van der Waals surface area (Å²) in [5.74, 6) is 0.110. The molecule has 0 unspecified atom stereocenters. The zero-order valence-electron chi connectivity index (χ0n) is 8.79. The van der Waals surface area contributed by atoms with Gasteiger partial charge in [-0.15, -0.1) is 0 Å². The molecule has 0 spiro atoms. The minimum absolute atomic E-state index is 0.00185. The molecule has 0 saturated heterocycles. The lowest BCUT2D eigenvalue weighted by Crippen LogP contribution is -2.34. The average molecular weight is 182 g/mol. The number of hydrogen-bond donors (Lipinski definition) is 1. The van der Waals surface area contributed by atoms with Crippen molar-refractivity contribution in [2.75, 3.05) is 14.1 Å². The molecule has 0 rings (SSSR count). The summed E-state index contributed by atoms with van der Waals surface area (Å²) in [6.07, 6.45) is 3.32.